The highest BCUT2D eigenvalue weighted by atomic mass is 19.4. The number of fused-ring (bicyclic) bond motifs is 1. The zero-order valence-corrected chi connectivity index (χ0v) is 12.7. The standard InChI is InChI=1S/C18H11F3N2O2/c19-18(20,21)13-4-1-3-12(11-13)7-8-14-9-10-15-16(22-14)5-2-6-17(15)23(24)25/h1-11H. The molecule has 3 aromatic rings. The topological polar surface area (TPSA) is 56.0 Å². The van der Waals surface area contributed by atoms with E-state index in [0.717, 1.165) is 12.1 Å². The van der Waals surface area contributed by atoms with Crippen molar-refractivity contribution in [2.24, 2.45) is 0 Å². The molecule has 0 aliphatic rings. The number of hydrogen-bond donors (Lipinski definition) is 0. The largest absolute Gasteiger partial charge is 0.416 e. The molecule has 2 aromatic carbocycles. The molecule has 126 valence electrons. The highest BCUT2D eigenvalue weighted by molar-refractivity contribution is 5.88. The van der Waals surface area contributed by atoms with E-state index in [4.69, 9.17) is 0 Å². The summed E-state index contributed by atoms with van der Waals surface area (Å²) in [7, 11) is 0. The van der Waals surface area contributed by atoms with Gasteiger partial charge in [0, 0.05) is 6.07 Å². The Morgan fingerprint density at radius 3 is 2.48 bits per heavy atom. The molecule has 0 bridgehead atoms. The molecule has 1 heterocycles. The van der Waals surface area contributed by atoms with Gasteiger partial charge in [0.15, 0.2) is 0 Å². The summed E-state index contributed by atoms with van der Waals surface area (Å²) in [6.07, 6.45) is -1.32. The lowest BCUT2D eigenvalue weighted by Gasteiger charge is -2.06. The summed E-state index contributed by atoms with van der Waals surface area (Å²) < 4.78 is 38.2. The van der Waals surface area contributed by atoms with Gasteiger partial charge in [-0.3, -0.25) is 10.1 Å². The van der Waals surface area contributed by atoms with Crippen LogP contribution in [0.4, 0.5) is 18.9 Å². The van der Waals surface area contributed by atoms with Crippen LogP contribution in [0.25, 0.3) is 23.1 Å². The van der Waals surface area contributed by atoms with Gasteiger partial charge in [0.25, 0.3) is 5.69 Å². The monoisotopic (exact) mass is 344 g/mol. The normalized spacial score (nSPS) is 12.0. The first-order chi connectivity index (χ1) is 11.8. The Kier molecular flexibility index (Phi) is 4.22. The first kappa shape index (κ1) is 16.6. The fourth-order valence-corrected chi connectivity index (χ4v) is 2.41. The van der Waals surface area contributed by atoms with Crippen LogP contribution in [0, 0.1) is 10.1 Å². The van der Waals surface area contributed by atoms with Crippen molar-refractivity contribution in [2.75, 3.05) is 0 Å². The van der Waals surface area contributed by atoms with Crippen LogP contribution >= 0.6 is 0 Å². The maximum Gasteiger partial charge on any atom is 0.416 e. The molecular formula is C18H11F3N2O2. The van der Waals surface area contributed by atoms with Gasteiger partial charge >= 0.3 is 6.18 Å². The van der Waals surface area contributed by atoms with Crippen molar-refractivity contribution in [3.63, 3.8) is 0 Å². The molecule has 0 unspecified atom stereocenters. The van der Waals surface area contributed by atoms with E-state index < -0.39 is 16.7 Å². The Morgan fingerprint density at radius 1 is 1.00 bits per heavy atom. The van der Waals surface area contributed by atoms with Gasteiger partial charge in [-0.15, -0.1) is 0 Å². The second-order valence-electron chi connectivity index (χ2n) is 5.29. The minimum atomic E-state index is -4.40. The van der Waals surface area contributed by atoms with E-state index in [1.807, 2.05) is 0 Å². The van der Waals surface area contributed by atoms with Crippen molar-refractivity contribution in [3.05, 3.63) is 81.5 Å². The van der Waals surface area contributed by atoms with Crippen molar-refractivity contribution in [2.45, 2.75) is 6.18 Å². The van der Waals surface area contributed by atoms with Gasteiger partial charge in [-0.05, 0) is 42.0 Å². The molecule has 0 aliphatic heterocycles. The fraction of sp³-hybridized carbons (Fsp3) is 0.0556. The molecule has 7 heteroatoms. The average Bonchev–Trinajstić information content (AvgIpc) is 2.58. The Bertz CT molecular complexity index is 981. The molecule has 0 fully saturated rings. The number of non-ortho nitro benzene ring substituents is 1. The minimum absolute atomic E-state index is 0.0431. The van der Waals surface area contributed by atoms with Crippen LogP contribution in [-0.4, -0.2) is 9.91 Å². The molecule has 0 amide bonds. The number of halogens is 3. The fourth-order valence-electron chi connectivity index (χ4n) is 2.41. The molecular weight excluding hydrogens is 333 g/mol. The van der Waals surface area contributed by atoms with Gasteiger partial charge in [0.1, 0.15) is 0 Å². The molecule has 0 spiro atoms. The average molecular weight is 344 g/mol. The lowest BCUT2D eigenvalue weighted by molar-refractivity contribution is -0.383. The lowest BCUT2D eigenvalue weighted by Crippen LogP contribution is -2.04. The van der Waals surface area contributed by atoms with Gasteiger partial charge in [0.05, 0.1) is 27.1 Å². The molecule has 0 saturated carbocycles. The lowest BCUT2D eigenvalue weighted by atomic mass is 10.1. The van der Waals surface area contributed by atoms with Gasteiger partial charge in [-0.2, -0.15) is 13.2 Å². The zero-order chi connectivity index (χ0) is 18.0. The predicted octanol–water partition coefficient (Wildman–Crippen LogP) is 5.33. The minimum Gasteiger partial charge on any atom is -0.258 e. The predicted molar refractivity (Wildman–Crippen MR) is 88.8 cm³/mol. The van der Waals surface area contributed by atoms with E-state index in [9.17, 15) is 23.3 Å². The third kappa shape index (κ3) is 3.65. The summed E-state index contributed by atoms with van der Waals surface area (Å²) in [6, 6.07) is 12.7. The summed E-state index contributed by atoms with van der Waals surface area (Å²) in [6.45, 7) is 0. The van der Waals surface area contributed by atoms with Crippen LogP contribution in [0.15, 0.2) is 54.6 Å². The first-order valence-corrected chi connectivity index (χ1v) is 7.24. The summed E-state index contributed by atoms with van der Waals surface area (Å²) in [4.78, 5) is 14.8. The number of aromatic nitrogens is 1. The molecule has 0 atom stereocenters. The highest BCUT2D eigenvalue weighted by Crippen LogP contribution is 2.30. The van der Waals surface area contributed by atoms with Crippen molar-refractivity contribution in [1.82, 2.24) is 4.98 Å². The van der Waals surface area contributed by atoms with E-state index in [1.165, 1.54) is 24.3 Å². The van der Waals surface area contributed by atoms with E-state index in [1.54, 1.807) is 30.3 Å². The number of hydrogen-bond acceptors (Lipinski definition) is 3. The summed E-state index contributed by atoms with van der Waals surface area (Å²) >= 11 is 0. The van der Waals surface area contributed by atoms with Crippen molar-refractivity contribution in [3.8, 4) is 0 Å². The van der Waals surface area contributed by atoms with Gasteiger partial charge in [-0.1, -0.05) is 24.3 Å². The second-order valence-corrected chi connectivity index (χ2v) is 5.29. The van der Waals surface area contributed by atoms with E-state index in [0.29, 0.717) is 22.2 Å². The van der Waals surface area contributed by atoms with Crippen LogP contribution in [0.5, 0.6) is 0 Å². The summed E-state index contributed by atoms with van der Waals surface area (Å²) in [5.41, 5.74) is 0.553. The van der Waals surface area contributed by atoms with Crippen molar-refractivity contribution >= 4 is 28.7 Å². The Balaban J connectivity index is 1.93. The molecule has 0 saturated heterocycles. The SMILES string of the molecule is O=[N+]([O-])c1cccc2nc(C=Cc3cccc(C(F)(F)F)c3)ccc12. The maximum absolute atomic E-state index is 12.7. The first-order valence-electron chi connectivity index (χ1n) is 7.24. The van der Waals surface area contributed by atoms with Crippen LogP contribution in [-0.2, 0) is 6.18 Å². The molecule has 25 heavy (non-hydrogen) atoms. The number of nitrogens with zero attached hydrogens (tertiary/aromatic N) is 2. The maximum atomic E-state index is 12.7. The third-order valence-corrected chi connectivity index (χ3v) is 3.59. The van der Waals surface area contributed by atoms with Crippen molar-refractivity contribution in [1.29, 1.82) is 0 Å². The van der Waals surface area contributed by atoms with Crippen LogP contribution in [0.2, 0.25) is 0 Å². The molecule has 1 aromatic heterocycles. The summed E-state index contributed by atoms with van der Waals surface area (Å²) in [5.74, 6) is 0. The van der Waals surface area contributed by atoms with Gasteiger partial charge in [-0.25, -0.2) is 4.98 Å². The van der Waals surface area contributed by atoms with E-state index in [2.05, 4.69) is 4.98 Å². The number of alkyl halides is 3. The Hall–Kier alpha value is -3.22. The van der Waals surface area contributed by atoms with Crippen LogP contribution < -0.4 is 0 Å². The van der Waals surface area contributed by atoms with E-state index in [-0.39, 0.29) is 5.69 Å². The molecule has 0 aliphatic carbocycles. The number of pyridine rings is 1. The van der Waals surface area contributed by atoms with E-state index >= 15 is 0 Å². The summed E-state index contributed by atoms with van der Waals surface area (Å²) in [5, 5.41) is 11.4. The second kappa shape index (κ2) is 6.35. The molecule has 3 rings (SSSR count). The Morgan fingerprint density at radius 2 is 1.76 bits per heavy atom. The van der Waals surface area contributed by atoms with Crippen LogP contribution in [0.1, 0.15) is 16.8 Å². The van der Waals surface area contributed by atoms with Gasteiger partial charge < -0.3 is 0 Å². The smallest absolute Gasteiger partial charge is 0.258 e. The van der Waals surface area contributed by atoms with Gasteiger partial charge in [0.2, 0.25) is 0 Å². The number of nitro benzene ring substituents is 1. The number of nitro groups is 1. The molecule has 0 radical (unpaired) electrons. The Labute approximate surface area is 140 Å². The number of benzene rings is 2. The third-order valence-electron chi connectivity index (χ3n) is 3.59. The van der Waals surface area contributed by atoms with Crippen molar-refractivity contribution < 1.29 is 18.1 Å². The highest BCUT2D eigenvalue weighted by Gasteiger charge is 2.30. The number of rotatable bonds is 3. The van der Waals surface area contributed by atoms with Crippen LogP contribution in [0.3, 0.4) is 0 Å². The zero-order valence-electron chi connectivity index (χ0n) is 12.7. The molecule has 4 nitrogen and oxygen atoms in total. The quantitative estimate of drug-likeness (QED) is 0.476. The molecule has 0 N–H and O–H groups in total.